The fourth-order valence-electron chi connectivity index (χ4n) is 1.91. The number of hydrogen-bond donors (Lipinski definition) is 1. The van der Waals surface area contributed by atoms with Crippen LogP contribution in [0.15, 0.2) is 6.20 Å². The Hall–Kier alpha value is -1.03. The van der Waals surface area contributed by atoms with Gasteiger partial charge >= 0.3 is 0 Å². The number of fused-ring (bicyclic) bond motifs is 1. The van der Waals surface area contributed by atoms with E-state index in [2.05, 4.69) is 16.2 Å². The van der Waals surface area contributed by atoms with Gasteiger partial charge in [0.15, 0.2) is 0 Å². The third-order valence-electron chi connectivity index (χ3n) is 2.46. The third kappa shape index (κ3) is 1.54. The molecule has 0 aliphatic carbocycles. The molecular formula is C9H16N4. The Kier molecular flexibility index (Phi) is 2.22. The zero-order valence-corrected chi connectivity index (χ0v) is 8.03. The van der Waals surface area contributed by atoms with E-state index in [9.17, 15) is 0 Å². The minimum Gasteiger partial charge on any atom is -0.367 e. The summed E-state index contributed by atoms with van der Waals surface area (Å²) in [6, 6.07) is 0. The van der Waals surface area contributed by atoms with E-state index >= 15 is 0 Å². The lowest BCUT2D eigenvalue weighted by Crippen LogP contribution is -2.33. The number of nitrogens with zero attached hydrogens (tertiary/aromatic N) is 3. The van der Waals surface area contributed by atoms with Crippen molar-refractivity contribution in [2.45, 2.75) is 12.8 Å². The molecule has 72 valence electrons. The molecule has 1 aliphatic heterocycles. The van der Waals surface area contributed by atoms with Crippen molar-refractivity contribution >= 4 is 5.69 Å². The van der Waals surface area contributed by atoms with Crippen LogP contribution in [0, 0.1) is 0 Å². The maximum absolute atomic E-state index is 5.55. The molecule has 0 amide bonds. The van der Waals surface area contributed by atoms with E-state index in [0.29, 0.717) is 6.54 Å². The normalized spacial score (nSPS) is 16.0. The van der Waals surface area contributed by atoms with Gasteiger partial charge in [-0.1, -0.05) is 0 Å². The van der Waals surface area contributed by atoms with Crippen LogP contribution < -0.4 is 10.6 Å². The molecule has 2 N–H and O–H groups in total. The molecule has 0 unspecified atom stereocenters. The van der Waals surface area contributed by atoms with Crippen LogP contribution in [0.2, 0.25) is 0 Å². The van der Waals surface area contributed by atoms with Gasteiger partial charge < -0.3 is 10.6 Å². The summed E-state index contributed by atoms with van der Waals surface area (Å²) in [6.45, 7) is 2.78. The summed E-state index contributed by atoms with van der Waals surface area (Å²) in [7, 11) is 1.97. The van der Waals surface area contributed by atoms with Gasteiger partial charge in [-0.3, -0.25) is 4.68 Å². The van der Waals surface area contributed by atoms with Crippen molar-refractivity contribution in [1.82, 2.24) is 9.78 Å². The van der Waals surface area contributed by atoms with Crippen molar-refractivity contribution in [1.29, 1.82) is 0 Å². The smallest absolute Gasteiger partial charge is 0.0858 e. The number of hydrogen-bond acceptors (Lipinski definition) is 3. The molecule has 0 saturated heterocycles. The molecule has 2 rings (SSSR count). The molecule has 0 fully saturated rings. The molecule has 1 aromatic rings. The summed E-state index contributed by atoms with van der Waals surface area (Å²) in [5, 5.41) is 4.42. The number of nitrogens with two attached hydrogens (primary N) is 1. The maximum Gasteiger partial charge on any atom is 0.0858 e. The van der Waals surface area contributed by atoms with Gasteiger partial charge in [-0.05, 0) is 12.8 Å². The summed E-state index contributed by atoms with van der Waals surface area (Å²) in [5.41, 5.74) is 8.06. The van der Waals surface area contributed by atoms with Gasteiger partial charge in [-0.25, -0.2) is 0 Å². The minimum atomic E-state index is 0.717. The van der Waals surface area contributed by atoms with E-state index in [1.165, 1.54) is 17.8 Å². The van der Waals surface area contributed by atoms with E-state index in [1.54, 1.807) is 0 Å². The lowest BCUT2D eigenvalue weighted by Gasteiger charge is -2.27. The predicted octanol–water partition coefficient (Wildman–Crippen LogP) is 0.131. The van der Waals surface area contributed by atoms with Gasteiger partial charge in [-0.2, -0.15) is 5.10 Å². The average molecular weight is 180 g/mol. The molecule has 0 aromatic carbocycles. The molecule has 1 aliphatic rings. The maximum atomic E-state index is 5.55. The van der Waals surface area contributed by atoms with Gasteiger partial charge in [0.2, 0.25) is 0 Å². The van der Waals surface area contributed by atoms with Crippen LogP contribution in [-0.4, -0.2) is 29.4 Å². The highest BCUT2D eigenvalue weighted by Gasteiger charge is 2.18. The van der Waals surface area contributed by atoms with Crippen LogP contribution in [0.4, 0.5) is 5.69 Å². The Balaban J connectivity index is 2.25. The van der Waals surface area contributed by atoms with Crippen molar-refractivity contribution in [2.75, 3.05) is 24.5 Å². The summed E-state index contributed by atoms with van der Waals surface area (Å²) < 4.78 is 1.89. The molecule has 0 saturated carbocycles. The quantitative estimate of drug-likeness (QED) is 0.704. The first-order chi connectivity index (χ1) is 6.31. The minimum absolute atomic E-state index is 0.717. The second kappa shape index (κ2) is 3.38. The van der Waals surface area contributed by atoms with E-state index in [1.807, 2.05) is 11.7 Å². The molecule has 0 spiro atoms. The van der Waals surface area contributed by atoms with Crippen molar-refractivity contribution in [3.05, 3.63) is 11.9 Å². The standard InChI is InChI=1S/C9H16N4/c1-12-7-9-8(11-12)3-2-5-13(9)6-4-10/h7H,2-6,10H2,1H3. The summed E-state index contributed by atoms with van der Waals surface area (Å²) in [4.78, 5) is 2.33. The van der Waals surface area contributed by atoms with Crippen LogP contribution in [0.1, 0.15) is 12.1 Å². The van der Waals surface area contributed by atoms with E-state index < -0.39 is 0 Å². The molecule has 1 aromatic heterocycles. The Morgan fingerprint density at radius 2 is 2.46 bits per heavy atom. The SMILES string of the molecule is Cn1cc2c(n1)CCCN2CCN. The summed E-state index contributed by atoms with van der Waals surface area (Å²) in [5.74, 6) is 0. The molecule has 0 bridgehead atoms. The van der Waals surface area contributed by atoms with Gasteiger partial charge in [0, 0.05) is 32.9 Å². The van der Waals surface area contributed by atoms with E-state index in [0.717, 1.165) is 19.5 Å². The Morgan fingerprint density at radius 3 is 3.23 bits per heavy atom. The van der Waals surface area contributed by atoms with Crippen LogP contribution in [0.5, 0.6) is 0 Å². The topological polar surface area (TPSA) is 47.1 Å². The van der Waals surface area contributed by atoms with Crippen molar-refractivity contribution in [3.63, 3.8) is 0 Å². The Morgan fingerprint density at radius 1 is 1.62 bits per heavy atom. The molecule has 13 heavy (non-hydrogen) atoms. The van der Waals surface area contributed by atoms with E-state index in [4.69, 9.17) is 5.73 Å². The lowest BCUT2D eigenvalue weighted by molar-refractivity contribution is 0.673. The van der Waals surface area contributed by atoms with Crippen LogP contribution in [0.25, 0.3) is 0 Å². The molecular weight excluding hydrogens is 164 g/mol. The zero-order valence-electron chi connectivity index (χ0n) is 8.03. The third-order valence-corrected chi connectivity index (χ3v) is 2.46. The molecule has 0 radical (unpaired) electrons. The second-order valence-electron chi connectivity index (χ2n) is 3.51. The highest BCUT2D eigenvalue weighted by molar-refractivity contribution is 5.51. The van der Waals surface area contributed by atoms with Gasteiger partial charge in [0.05, 0.1) is 11.4 Å². The van der Waals surface area contributed by atoms with Crippen molar-refractivity contribution in [2.24, 2.45) is 12.8 Å². The number of aryl methyl sites for hydroxylation is 2. The number of rotatable bonds is 2. The average Bonchev–Trinajstić information content (AvgIpc) is 2.47. The van der Waals surface area contributed by atoms with E-state index in [-0.39, 0.29) is 0 Å². The Bertz CT molecular complexity index is 292. The molecule has 0 atom stereocenters. The summed E-state index contributed by atoms with van der Waals surface area (Å²) >= 11 is 0. The Labute approximate surface area is 78.3 Å². The first-order valence-electron chi connectivity index (χ1n) is 4.79. The largest absolute Gasteiger partial charge is 0.367 e. The fraction of sp³-hybridized carbons (Fsp3) is 0.667. The molecule has 4 heteroatoms. The number of aromatic nitrogens is 2. The van der Waals surface area contributed by atoms with Crippen LogP contribution in [0.3, 0.4) is 0 Å². The highest BCUT2D eigenvalue weighted by Crippen LogP contribution is 2.24. The van der Waals surface area contributed by atoms with Gasteiger partial charge in [0.25, 0.3) is 0 Å². The predicted molar refractivity (Wildman–Crippen MR) is 52.8 cm³/mol. The first kappa shape index (κ1) is 8.56. The van der Waals surface area contributed by atoms with Gasteiger partial charge in [0.1, 0.15) is 0 Å². The molecule has 4 nitrogen and oxygen atoms in total. The fourth-order valence-corrected chi connectivity index (χ4v) is 1.91. The number of anilines is 1. The van der Waals surface area contributed by atoms with Gasteiger partial charge in [-0.15, -0.1) is 0 Å². The first-order valence-corrected chi connectivity index (χ1v) is 4.79. The summed E-state index contributed by atoms with van der Waals surface area (Å²) in [6.07, 6.45) is 4.39. The second-order valence-corrected chi connectivity index (χ2v) is 3.51. The van der Waals surface area contributed by atoms with Crippen molar-refractivity contribution in [3.8, 4) is 0 Å². The monoisotopic (exact) mass is 180 g/mol. The van der Waals surface area contributed by atoms with Crippen LogP contribution >= 0.6 is 0 Å². The zero-order chi connectivity index (χ0) is 9.26. The lowest BCUT2D eigenvalue weighted by atomic mass is 10.1. The van der Waals surface area contributed by atoms with Crippen LogP contribution in [-0.2, 0) is 13.5 Å². The highest BCUT2D eigenvalue weighted by atomic mass is 15.3. The molecule has 2 heterocycles. The van der Waals surface area contributed by atoms with Crippen molar-refractivity contribution < 1.29 is 0 Å².